The lowest BCUT2D eigenvalue weighted by molar-refractivity contribution is -0.145. The summed E-state index contributed by atoms with van der Waals surface area (Å²) in [6, 6.07) is 33.1. The minimum atomic E-state index is -0.284. The molecule has 0 unspecified atom stereocenters. The highest BCUT2D eigenvalue weighted by Crippen LogP contribution is 2.45. The third-order valence-electron chi connectivity index (χ3n) is 7.51. The molecule has 0 amide bonds. The Balaban J connectivity index is 0.990. The molecule has 4 nitrogen and oxygen atoms in total. The molecule has 6 rings (SSSR count). The van der Waals surface area contributed by atoms with E-state index in [1.165, 1.54) is 44.5 Å². The van der Waals surface area contributed by atoms with Crippen LogP contribution in [-0.2, 0) is 19.1 Å². The van der Waals surface area contributed by atoms with Gasteiger partial charge in [0.05, 0.1) is 0 Å². The van der Waals surface area contributed by atoms with Gasteiger partial charge < -0.3 is 9.47 Å². The number of rotatable bonds is 8. The average Bonchev–Trinajstić information content (AvgIpc) is 3.43. The van der Waals surface area contributed by atoms with Gasteiger partial charge in [0, 0.05) is 24.7 Å². The Bertz CT molecular complexity index is 1270. The number of hydrogen-bond donors (Lipinski definition) is 0. The van der Waals surface area contributed by atoms with Crippen molar-refractivity contribution >= 4 is 11.9 Å². The number of benzene rings is 4. The first-order chi connectivity index (χ1) is 18.2. The van der Waals surface area contributed by atoms with E-state index in [0.717, 1.165) is 0 Å². The minimum Gasteiger partial charge on any atom is -0.465 e. The van der Waals surface area contributed by atoms with Crippen molar-refractivity contribution in [2.45, 2.75) is 31.1 Å². The molecule has 0 radical (unpaired) electrons. The Morgan fingerprint density at radius 1 is 0.486 bits per heavy atom. The van der Waals surface area contributed by atoms with Crippen molar-refractivity contribution < 1.29 is 19.1 Å². The molecule has 37 heavy (non-hydrogen) atoms. The molecule has 2 aliphatic rings. The first-order valence-electron chi connectivity index (χ1n) is 12.9. The summed E-state index contributed by atoms with van der Waals surface area (Å²) in [6.45, 7) is 0.607. The van der Waals surface area contributed by atoms with Crippen LogP contribution in [0.3, 0.4) is 0 Å². The number of fused-ring (bicyclic) bond motifs is 6. The van der Waals surface area contributed by atoms with Crippen LogP contribution in [0.15, 0.2) is 97.1 Å². The van der Waals surface area contributed by atoms with Crippen LogP contribution in [-0.4, -0.2) is 25.2 Å². The fourth-order valence-corrected chi connectivity index (χ4v) is 5.75. The standard InChI is InChI=1S/C33H28O4/c34-32(36-20-30-26-14-5-1-10-22(26)23-11-2-6-15-27(23)30)18-9-19-33(35)37-21-31-28-16-7-3-12-24(28)25-13-4-8-17-29(25)31/h1-8,10-17,30-31H,9,18-21H2. The van der Waals surface area contributed by atoms with E-state index in [2.05, 4.69) is 48.5 Å². The summed E-state index contributed by atoms with van der Waals surface area (Å²) in [4.78, 5) is 24.9. The Morgan fingerprint density at radius 2 is 0.784 bits per heavy atom. The van der Waals surface area contributed by atoms with E-state index < -0.39 is 0 Å². The van der Waals surface area contributed by atoms with Gasteiger partial charge in [-0.2, -0.15) is 0 Å². The highest BCUT2D eigenvalue weighted by Gasteiger charge is 2.30. The SMILES string of the molecule is O=C(CCCC(=O)OCC1c2ccccc2-c2ccccc21)OCC1c2ccccc2-c2ccccc21. The van der Waals surface area contributed by atoms with E-state index in [0.29, 0.717) is 19.6 Å². The molecule has 0 heterocycles. The summed E-state index contributed by atoms with van der Waals surface area (Å²) in [6.07, 6.45) is 0.799. The van der Waals surface area contributed by atoms with E-state index in [9.17, 15) is 9.59 Å². The molecule has 0 aromatic heterocycles. The smallest absolute Gasteiger partial charge is 0.305 e. The minimum absolute atomic E-state index is 0.0403. The Hall–Kier alpha value is -4.18. The molecule has 0 fully saturated rings. The first-order valence-corrected chi connectivity index (χ1v) is 12.9. The molecule has 4 heteroatoms. The van der Waals surface area contributed by atoms with Crippen molar-refractivity contribution in [2.24, 2.45) is 0 Å². The zero-order valence-electron chi connectivity index (χ0n) is 20.6. The maximum atomic E-state index is 12.5. The fraction of sp³-hybridized carbons (Fsp3) is 0.212. The molecule has 0 saturated carbocycles. The van der Waals surface area contributed by atoms with Crippen molar-refractivity contribution in [3.63, 3.8) is 0 Å². The van der Waals surface area contributed by atoms with E-state index in [-0.39, 0.29) is 36.6 Å². The average molecular weight is 489 g/mol. The molecule has 0 aliphatic heterocycles. The lowest BCUT2D eigenvalue weighted by Crippen LogP contribution is -2.14. The van der Waals surface area contributed by atoms with Crippen molar-refractivity contribution in [3.05, 3.63) is 119 Å². The van der Waals surface area contributed by atoms with Gasteiger partial charge in [-0.25, -0.2) is 0 Å². The highest BCUT2D eigenvalue weighted by molar-refractivity contribution is 5.80. The van der Waals surface area contributed by atoms with Gasteiger partial charge in [-0.15, -0.1) is 0 Å². The zero-order chi connectivity index (χ0) is 25.2. The predicted octanol–water partition coefficient (Wildman–Crippen LogP) is 6.87. The summed E-state index contributed by atoms with van der Waals surface area (Å²) >= 11 is 0. The van der Waals surface area contributed by atoms with E-state index >= 15 is 0 Å². The van der Waals surface area contributed by atoms with E-state index in [1.54, 1.807) is 0 Å². The van der Waals surface area contributed by atoms with E-state index in [1.807, 2.05) is 48.5 Å². The summed E-state index contributed by atoms with van der Waals surface area (Å²) < 4.78 is 11.3. The van der Waals surface area contributed by atoms with Crippen LogP contribution in [0, 0.1) is 0 Å². The molecule has 0 spiro atoms. The Labute approximate surface area is 216 Å². The fourth-order valence-electron chi connectivity index (χ4n) is 5.75. The quantitative estimate of drug-likeness (QED) is 0.254. The van der Waals surface area contributed by atoms with E-state index in [4.69, 9.17) is 9.47 Å². The second kappa shape index (κ2) is 10.1. The van der Waals surface area contributed by atoms with Crippen LogP contribution >= 0.6 is 0 Å². The van der Waals surface area contributed by atoms with Gasteiger partial charge in [-0.05, 0) is 50.9 Å². The van der Waals surface area contributed by atoms with Crippen molar-refractivity contribution in [1.82, 2.24) is 0 Å². The van der Waals surface area contributed by atoms with Crippen LogP contribution in [0.25, 0.3) is 22.3 Å². The number of hydrogen-bond acceptors (Lipinski definition) is 4. The molecule has 0 saturated heterocycles. The molecule has 0 bridgehead atoms. The van der Waals surface area contributed by atoms with Crippen molar-refractivity contribution in [2.75, 3.05) is 13.2 Å². The summed E-state index contributed by atoms with van der Waals surface area (Å²) in [7, 11) is 0. The van der Waals surface area contributed by atoms with Crippen molar-refractivity contribution in [3.8, 4) is 22.3 Å². The molecule has 0 N–H and O–H groups in total. The second-order valence-electron chi connectivity index (χ2n) is 9.67. The number of carbonyl (C=O) groups is 2. The normalized spacial score (nSPS) is 13.4. The van der Waals surface area contributed by atoms with Crippen LogP contribution in [0.1, 0.15) is 53.4 Å². The van der Waals surface area contributed by atoms with Gasteiger partial charge in [-0.3, -0.25) is 9.59 Å². The van der Waals surface area contributed by atoms with Crippen molar-refractivity contribution in [1.29, 1.82) is 0 Å². The molecule has 4 aromatic carbocycles. The lowest BCUT2D eigenvalue weighted by atomic mass is 9.98. The van der Waals surface area contributed by atoms with Crippen LogP contribution in [0.5, 0.6) is 0 Å². The summed E-state index contributed by atoms with van der Waals surface area (Å²) in [5.74, 6) is -0.487. The summed E-state index contributed by atoms with van der Waals surface area (Å²) in [5.41, 5.74) is 9.57. The van der Waals surface area contributed by atoms with Gasteiger partial charge >= 0.3 is 11.9 Å². The number of carbonyl (C=O) groups excluding carboxylic acids is 2. The van der Waals surface area contributed by atoms with Crippen LogP contribution in [0.4, 0.5) is 0 Å². The number of esters is 2. The largest absolute Gasteiger partial charge is 0.465 e. The van der Waals surface area contributed by atoms with Gasteiger partial charge in [0.15, 0.2) is 0 Å². The lowest BCUT2D eigenvalue weighted by Gasteiger charge is -2.15. The molecule has 2 aliphatic carbocycles. The highest BCUT2D eigenvalue weighted by atomic mass is 16.5. The first kappa shape index (κ1) is 23.2. The van der Waals surface area contributed by atoms with Crippen LogP contribution < -0.4 is 0 Å². The third kappa shape index (κ3) is 4.44. The predicted molar refractivity (Wildman–Crippen MR) is 143 cm³/mol. The van der Waals surface area contributed by atoms with Gasteiger partial charge in [0.25, 0.3) is 0 Å². The maximum absolute atomic E-state index is 12.5. The molecular formula is C33H28O4. The zero-order valence-corrected chi connectivity index (χ0v) is 20.6. The second-order valence-corrected chi connectivity index (χ2v) is 9.67. The Kier molecular flexibility index (Phi) is 6.32. The third-order valence-corrected chi connectivity index (χ3v) is 7.51. The molecule has 4 aromatic rings. The molecule has 0 atom stereocenters. The van der Waals surface area contributed by atoms with Gasteiger partial charge in [0.2, 0.25) is 0 Å². The van der Waals surface area contributed by atoms with Crippen LogP contribution in [0.2, 0.25) is 0 Å². The summed E-state index contributed by atoms with van der Waals surface area (Å²) in [5, 5.41) is 0. The van der Waals surface area contributed by atoms with Gasteiger partial charge in [-0.1, -0.05) is 97.1 Å². The topological polar surface area (TPSA) is 52.6 Å². The Morgan fingerprint density at radius 3 is 1.11 bits per heavy atom. The van der Waals surface area contributed by atoms with Gasteiger partial charge in [0.1, 0.15) is 13.2 Å². The number of ether oxygens (including phenoxy) is 2. The monoisotopic (exact) mass is 488 g/mol. The molecule has 184 valence electrons. The molecular weight excluding hydrogens is 460 g/mol. The maximum Gasteiger partial charge on any atom is 0.305 e.